The molecule has 3 aliphatic heterocycles. The Morgan fingerprint density at radius 2 is 2.08 bits per heavy atom. The molecule has 0 bridgehead atoms. The van der Waals surface area contributed by atoms with Crippen molar-refractivity contribution in [3.63, 3.8) is 0 Å². The second-order valence-electron chi connectivity index (χ2n) is 6.13. The van der Waals surface area contributed by atoms with Crippen LogP contribution < -0.4 is 5.32 Å². The molecule has 3 rings (SSSR count). The molecule has 0 radical (unpaired) electrons. The van der Waals surface area contributed by atoms with Crippen molar-refractivity contribution in [1.82, 2.24) is 15.1 Å². The number of carbonyl (C=O) groups excluding carboxylic acids is 3. The van der Waals surface area contributed by atoms with Crippen LogP contribution in [0, 0.1) is 0 Å². The van der Waals surface area contributed by atoms with Crippen LogP contribution >= 0.6 is 11.8 Å². The second-order valence-corrected chi connectivity index (χ2v) is 7.20. The SMILES string of the molecule is O=CNC1(COC=O)C(=O)N2C(C(=O)O)=C(N3CCCCC3)CS[C@H]21. The fourth-order valence-electron chi connectivity index (χ4n) is 3.59. The highest BCUT2D eigenvalue weighted by atomic mass is 32.2. The van der Waals surface area contributed by atoms with E-state index in [0.717, 1.165) is 32.4 Å². The van der Waals surface area contributed by atoms with Gasteiger partial charge in [-0.3, -0.25) is 19.3 Å². The first-order valence-corrected chi connectivity index (χ1v) is 9.05. The first-order chi connectivity index (χ1) is 12.1. The summed E-state index contributed by atoms with van der Waals surface area (Å²) in [4.78, 5) is 49.3. The molecule has 2 amide bonds. The van der Waals surface area contributed by atoms with Crippen molar-refractivity contribution in [3.05, 3.63) is 11.4 Å². The quantitative estimate of drug-likeness (QED) is 0.449. The molecule has 136 valence electrons. The van der Waals surface area contributed by atoms with E-state index in [1.807, 2.05) is 4.90 Å². The Kier molecular flexibility index (Phi) is 4.89. The summed E-state index contributed by atoms with van der Waals surface area (Å²) in [6.45, 7) is 1.41. The summed E-state index contributed by atoms with van der Waals surface area (Å²) in [6.07, 6.45) is 3.46. The van der Waals surface area contributed by atoms with E-state index in [1.54, 1.807) is 0 Å². The third-order valence-electron chi connectivity index (χ3n) is 4.78. The summed E-state index contributed by atoms with van der Waals surface area (Å²) in [5.41, 5.74) is -0.815. The lowest BCUT2D eigenvalue weighted by Crippen LogP contribution is -2.81. The monoisotopic (exact) mass is 369 g/mol. The number of carbonyl (C=O) groups is 4. The number of likely N-dealkylation sites (tertiary alicyclic amines) is 1. The van der Waals surface area contributed by atoms with E-state index >= 15 is 0 Å². The van der Waals surface area contributed by atoms with Crippen LogP contribution in [-0.4, -0.2) is 76.0 Å². The van der Waals surface area contributed by atoms with Gasteiger partial charge in [0.15, 0.2) is 11.2 Å². The first kappa shape index (κ1) is 17.6. The van der Waals surface area contributed by atoms with E-state index in [-0.39, 0.29) is 18.8 Å². The Morgan fingerprint density at radius 3 is 2.68 bits per heavy atom. The van der Waals surface area contributed by atoms with Gasteiger partial charge in [0.05, 0.1) is 5.70 Å². The van der Waals surface area contributed by atoms with Crippen molar-refractivity contribution in [1.29, 1.82) is 0 Å². The number of thioether (sulfide) groups is 1. The molecule has 0 saturated carbocycles. The number of amides is 2. The first-order valence-electron chi connectivity index (χ1n) is 8.00. The van der Waals surface area contributed by atoms with Gasteiger partial charge in [-0.2, -0.15) is 0 Å². The maximum absolute atomic E-state index is 12.7. The molecule has 0 aromatic rings. The van der Waals surface area contributed by atoms with Gasteiger partial charge >= 0.3 is 5.97 Å². The number of piperidine rings is 1. The Balaban J connectivity index is 1.93. The number of nitrogens with one attached hydrogen (secondary N) is 1. The zero-order valence-electron chi connectivity index (χ0n) is 13.5. The molecule has 25 heavy (non-hydrogen) atoms. The molecule has 0 aromatic carbocycles. The van der Waals surface area contributed by atoms with Crippen LogP contribution in [0.4, 0.5) is 0 Å². The smallest absolute Gasteiger partial charge is 0.354 e. The molecule has 2 N–H and O–H groups in total. The maximum atomic E-state index is 12.7. The molecule has 2 fully saturated rings. The third kappa shape index (κ3) is 2.74. The highest BCUT2D eigenvalue weighted by molar-refractivity contribution is 8.00. The van der Waals surface area contributed by atoms with Crippen LogP contribution in [0.2, 0.25) is 0 Å². The molecule has 10 heteroatoms. The average molecular weight is 369 g/mol. The van der Waals surface area contributed by atoms with Crippen LogP contribution in [0.5, 0.6) is 0 Å². The van der Waals surface area contributed by atoms with Crippen molar-refractivity contribution in [2.75, 3.05) is 25.4 Å². The van der Waals surface area contributed by atoms with Gasteiger partial charge in [-0.25, -0.2) is 4.79 Å². The lowest BCUT2D eigenvalue weighted by atomic mass is 9.87. The number of rotatable bonds is 7. The van der Waals surface area contributed by atoms with E-state index in [9.17, 15) is 24.3 Å². The molecule has 0 spiro atoms. The fraction of sp³-hybridized carbons (Fsp3) is 0.600. The summed E-state index contributed by atoms with van der Waals surface area (Å²) < 4.78 is 4.71. The van der Waals surface area contributed by atoms with Crippen LogP contribution in [0.15, 0.2) is 11.4 Å². The van der Waals surface area contributed by atoms with Crippen molar-refractivity contribution < 1.29 is 29.0 Å². The van der Waals surface area contributed by atoms with Gasteiger partial charge in [0.25, 0.3) is 12.4 Å². The van der Waals surface area contributed by atoms with Crippen LogP contribution in [0.3, 0.4) is 0 Å². The van der Waals surface area contributed by atoms with Gasteiger partial charge in [-0.1, -0.05) is 0 Å². The highest BCUT2D eigenvalue weighted by Gasteiger charge is 2.65. The number of carboxylic acid groups (broad SMARTS) is 1. The normalized spacial score (nSPS) is 28.8. The average Bonchev–Trinajstić information content (AvgIpc) is 2.64. The van der Waals surface area contributed by atoms with Crippen LogP contribution in [0.25, 0.3) is 0 Å². The lowest BCUT2D eigenvalue weighted by molar-refractivity contribution is -0.164. The number of β-lactam (4-membered cyclic amide) rings is 1. The third-order valence-corrected chi connectivity index (χ3v) is 6.15. The van der Waals surface area contributed by atoms with E-state index in [0.29, 0.717) is 17.9 Å². The summed E-state index contributed by atoms with van der Waals surface area (Å²) in [7, 11) is 0. The van der Waals surface area contributed by atoms with E-state index < -0.39 is 22.8 Å². The largest absolute Gasteiger partial charge is 0.477 e. The van der Waals surface area contributed by atoms with Gasteiger partial charge in [0, 0.05) is 18.8 Å². The molecule has 9 nitrogen and oxygen atoms in total. The number of hydrogen-bond donors (Lipinski definition) is 2. The molecule has 1 unspecified atom stereocenters. The summed E-state index contributed by atoms with van der Waals surface area (Å²) >= 11 is 1.36. The molecule has 0 aromatic heterocycles. The van der Waals surface area contributed by atoms with Crippen molar-refractivity contribution in [2.24, 2.45) is 0 Å². The van der Waals surface area contributed by atoms with Gasteiger partial charge in [-0.05, 0) is 19.3 Å². The molecular formula is C15H19N3O6S. The maximum Gasteiger partial charge on any atom is 0.354 e. The summed E-state index contributed by atoms with van der Waals surface area (Å²) in [6, 6.07) is 0. The van der Waals surface area contributed by atoms with Crippen molar-refractivity contribution in [3.8, 4) is 0 Å². The number of aliphatic carboxylic acids is 1. The summed E-state index contributed by atoms with van der Waals surface area (Å²) in [5.74, 6) is -1.33. The van der Waals surface area contributed by atoms with Crippen LogP contribution in [-0.2, 0) is 23.9 Å². The Labute approximate surface area is 148 Å². The highest BCUT2D eigenvalue weighted by Crippen LogP contribution is 2.47. The lowest BCUT2D eigenvalue weighted by Gasteiger charge is -2.56. The zero-order valence-corrected chi connectivity index (χ0v) is 14.3. The van der Waals surface area contributed by atoms with Crippen molar-refractivity contribution >= 4 is 36.5 Å². The second kappa shape index (κ2) is 6.95. The number of ether oxygens (including phenoxy) is 1. The zero-order chi connectivity index (χ0) is 18.0. The number of fused-ring (bicyclic) bond motifs is 1. The number of hydrogen-bond acceptors (Lipinski definition) is 7. The van der Waals surface area contributed by atoms with E-state index in [4.69, 9.17) is 4.74 Å². The van der Waals surface area contributed by atoms with Gasteiger partial charge in [0.1, 0.15) is 12.0 Å². The van der Waals surface area contributed by atoms with E-state index in [1.165, 1.54) is 16.7 Å². The van der Waals surface area contributed by atoms with Crippen LogP contribution in [0.1, 0.15) is 19.3 Å². The number of carboxylic acids is 1. The predicted molar refractivity (Wildman–Crippen MR) is 87.1 cm³/mol. The molecule has 3 aliphatic rings. The fourth-order valence-corrected chi connectivity index (χ4v) is 5.10. The molecule has 2 saturated heterocycles. The Bertz CT molecular complexity index is 633. The Morgan fingerprint density at radius 1 is 1.36 bits per heavy atom. The minimum Gasteiger partial charge on any atom is -0.477 e. The summed E-state index contributed by atoms with van der Waals surface area (Å²) in [5, 5.41) is 11.5. The molecule has 2 atom stereocenters. The molecule has 0 aliphatic carbocycles. The predicted octanol–water partition coefficient (Wildman–Crippen LogP) is -0.659. The minimum absolute atomic E-state index is 0.0370. The Hall–Kier alpha value is -2.23. The van der Waals surface area contributed by atoms with Gasteiger partial charge in [0.2, 0.25) is 6.41 Å². The van der Waals surface area contributed by atoms with Crippen molar-refractivity contribution in [2.45, 2.75) is 30.2 Å². The van der Waals surface area contributed by atoms with Gasteiger partial charge < -0.3 is 20.1 Å². The topological polar surface area (TPSA) is 116 Å². The molecular weight excluding hydrogens is 350 g/mol. The van der Waals surface area contributed by atoms with Gasteiger partial charge in [-0.15, -0.1) is 11.8 Å². The minimum atomic E-state index is -1.42. The molecule has 3 heterocycles. The standard InChI is InChI=1S/C15H19N3O6S/c19-8-16-15(7-24-9-20)13(23)18-11(12(21)22)10(6-25-14(15)18)17-4-2-1-3-5-17/h8-9,14H,1-7H2,(H,16,19)(H,21,22)/t14-,15?/m0/s1. The number of nitrogens with zero attached hydrogens (tertiary/aromatic N) is 2. The van der Waals surface area contributed by atoms with E-state index in [2.05, 4.69) is 5.32 Å².